The highest BCUT2D eigenvalue weighted by Gasteiger charge is 2.06. The van der Waals surface area contributed by atoms with Crippen LogP contribution in [0.1, 0.15) is 22.1 Å². The van der Waals surface area contributed by atoms with Gasteiger partial charge in [0.2, 0.25) is 0 Å². The molecule has 1 unspecified atom stereocenters. The lowest BCUT2D eigenvalue weighted by atomic mass is 10.1. The SMILES string of the molecule is CNC(=O)c1ccc(C(O)NC)cc1. The van der Waals surface area contributed by atoms with Crippen LogP contribution in [0.15, 0.2) is 24.3 Å². The van der Waals surface area contributed by atoms with Gasteiger partial charge >= 0.3 is 0 Å². The van der Waals surface area contributed by atoms with Crippen molar-refractivity contribution in [2.75, 3.05) is 14.1 Å². The summed E-state index contributed by atoms with van der Waals surface area (Å²) in [6, 6.07) is 6.78. The van der Waals surface area contributed by atoms with E-state index in [1.807, 2.05) is 0 Å². The summed E-state index contributed by atoms with van der Waals surface area (Å²) in [5, 5.41) is 14.6. The van der Waals surface area contributed by atoms with Crippen molar-refractivity contribution in [1.82, 2.24) is 10.6 Å². The summed E-state index contributed by atoms with van der Waals surface area (Å²) in [7, 11) is 3.25. The summed E-state index contributed by atoms with van der Waals surface area (Å²) >= 11 is 0. The van der Waals surface area contributed by atoms with Gasteiger partial charge in [-0.2, -0.15) is 0 Å². The minimum atomic E-state index is -0.686. The molecule has 1 rings (SSSR count). The molecule has 0 aromatic heterocycles. The fraction of sp³-hybridized carbons (Fsp3) is 0.300. The lowest BCUT2D eigenvalue weighted by Gasteiger charge is -2.09. The lowest BCUT2D eigenvalue weighted by molar-refractivity contribution is 0.0962. The van der Waals surface area contributed by atoms with Crippen LogP contribution in [-0.2, 0) is 0 Å². The van der Waals surface area contributed by atoms with Crippen LogP contribution in [0.4, 0.5) is 0 Å². The molecule has 0 saturated carbocycles. The van der Waals surface area contributed by atoms with E-state index in [1.165, 1.54) is 0 Å². The van der Waals surface area contributed by atoms with Crippen LogP contribution in [0.5, 0.6) is 0 Å². The summed E-state index contributed by atoms with van der Waals surface area (Å²) in [5.74, 6) is -0.129. The van der Waals surface area contributed by atoms with E-state index in [0.29, 0.717) is 5.56 Å². The van der Waals surface area contributed by atoms with Gasteiger partial charge < -0.3 is 10.4 Å². The number of benzene rings is 1. The van der Waals surface area contributed by atoms with Crippen molar-refractivity contribution in [3.63, 3.8) is 0 Å². The molecule has 0 aliphatic heterocycles. The van der Waals surface area contributed by atoms with Crippen molar-refractivity contribution in [2.24, 2.45) is 0 Å². The normalized spacial score (nSPS) is 12.2. The van der Waals surface area contributed by atoms with Crippen LogP contribution < -0.4 is 10.6 Å². The van der Waals surface area contributed by atoms with E-state index in [0.717, 1.165) is 5.56 Å². The topological polar surface area (TPSA) is 61.4 Å². The molecule has 0 spiro atoms. The molecule has 0 fully saturated rings. The number of carbonyl (C=O) groups is 1. The van der Waals surface area contributed by atoms with Crippen LogP contribution in [-0.4, -0.2) is 25.1 Å². The highest BCUT2D eigenvalue weighted by atomic mass is 16.3. The first kappa shape index (κ1) is 10.7. The molecule has 0 aliphatic rings. The van der Waals surface area contributed by atoms with E-state index < -0.39 is 6.23 Å². The number of aliphatic hydroxyl groups excluding tert-OH is 1. The summed E-state index contributed by atoms with van der Waals surface area (Å²) in [6.45, 7) is 0. The van der Waals surface area contributed by atoms with Gasteiger partial charge in [0.25, 0.3) is 5.91 Å². The molecule has 4 heteroatoms. The van der Waals surface area contributed by atoms with Gasteiger partial charge in [0, 0.05) is 12.6 Å². The Labute approximate surface area is 82.9 Å². The van der Waals surface area contributed by atoms with E-state index in [1.54, 1.807) is 38.4 Å². The maximum Gasteiger partial charge on any atom is 0.251 e. The van der Waals surface area contributed by atoms with Gasteiger partial charge in [-0.1, -0.05) is 12.1 Å². The summed E-state index contributed by atoms with van der Waals surface area (Å²) < 4.78 is 0. The molecule has 1 aromatic rings. The Morgan fingerprint density at radius 2 is 1.86 bits per heavy atom. The quantitative estimate of drug-likeness (QED) is 0.605. The van der Waals surface area contributed by atoms with Crippen molar-refractivity contribution in [1.29, 1.82) is 0 Å². The van der Waals surface area contributed by atoms with Crippen LogP contribution >= 0.6 is 0 Å². The van der Waals surface area contributed by atoms with Crippen molar-refractivity contribution in [3.05, 3.63) is 35.4 Å². The minimum Gasteiger partial charge on any atom is -0.374 e. The van der Waals surface area contributed by atoms with E-state index in [-0.39, 0.29) is 5.91 Å². The Morgan fingerprint density at radius 1 is 1.29 bits per heavy atom. The number of carbonyl (C=O) groups excluding carboxylic acids is 1. The van der Waals surface area contributed by atoms with Crippen molar-refractivity contribution in [3.8, 4) is 0 Å². The third-order valence-corrected chi connectivity index (χ3v) is 1.99. The number of amides is 1. The number of hydrogen-bond donors (Lipinski definition) is 3. The van der Waals surface area contributed by atoms with E-state index >= 15 is 0 Å². The van der Waals surface area contributed by atoms with Gasteiger partial charge in [-0.15, -0.1) is 0 Å². The summed E-state index contributed by atoms with van der Waals surface area (Å²) in [5.41, 5.74) is 1.32. The van der Waals surface area contributed by atoms with Crippen molar-refractivity contribution < 1.29 is 9.90 Å². The Hall–Kier alpha value is -1.39. The predicted octanol–water partition coefficient (Wildman–Crippen LogP) is 0.256. The molecule has 0 aliphatic carbocycles. The first-order chi connectivity index (χ1) is 6.69. The molecule has 4 nitrogen and oxygen atoms in total. The predicted molar refractivity (Wildman–Crippen MR) is 53.9 cm³/mol. The first-order valence-corrected chi connectivity index (χ1v) is 4.36. The monoisotopic (exact) mass is 194 g/mol. The third kappa shape index (κ3) is 2.31. The fourth-order valence-electron chi connectivity index (χ4n) is 1.13. The molecule has 0 heterocycles. The highest BCUT2D eigenvalue weighted by Crippen LogP contribution is 2.10. The van der Waals surface area contributed by atoms with Gasteiger partial charge in [0.05, 0.1) is 0 Å². The maximum absolute atomic E-state index is 11.2. The smallest absolute Gasteiger partial charge is 0.251 e. The zero-order valence-corrected chi connectivity index (χ0v) is 8.24. The van der Waals surface area contributed by atoms with Gasteiger partial charge in [-0.3, -0.25) is 10.1 Å². The van der Waals surface area contributed by atoms with Crippen LogP contribution in [0.2, 0.25) is 0 Å². The molecule has 1 aromatic carbocycles. The zero-order valence-electron chi connectivity index (χ0n) is 8.24. The van der Waals surface area contributed by atoms with Crippen LogP contribution in [0, 0.1) is 0 Å². The average Bonchev–Trinajstić information content (AvgIpc) is 2.27. The zero-order chi connectivity index (χ0) is 10.6. The number of nitrogens with one attached hydrogen (secondary N) is 2. The largest absolute Gasteiger partial charge is 0.374 e. The molecular weight excluding hydrogens is 180 g/mol. The Kier molecular flexibility index (Phi) is 3.62. The van der Waals surface area contributed by atoms with Crippen molar-refractivity contribution in [2.45, 2.75) is 6.23 Å². The van der Waals surface area contributed by atoms with E-state index in [4.69, 9.17) is 0 Å². The van der Waals surface area contributed by atoms with Gasteiger partial charge in [-0.25, -0.2) is 0 Å². The minimum absolute atomic E-state index is 0.129. The van der Waals surface area contributed by atoms with Crippen LogP contribution in [0.3, 0.4) is 0 Å². The summed E-state index contributed by atoms with van der Waals surface area (Å²) in [6.07, 6.45) is -0.686. The van der Waals surface area contributed by atoms with Gasteiger partial charge in [-0.05, 0) is 24.7 Å². The standard InChI is InChI=1S/C10H14N2O2/c1-11-9(13)7-3-5-8(6-4-7)10(14)12-2/h3-6,9,11,13H,1-2H3,(H,12,14). The van der Waals surface area contributed by atoms with Gasteiger partial charge in [0.1, 0.15) is 6.23 Å². The molecule has 3 N–H and O–H groups in total. The second kappa shape index (κ2) is 4.74. The van der Waals surface area contributed by atoms with E-state index in [9.17, 15) is 9.90 Å². The second-order valence-corrected chi connectivity index (χ2v) is 2.89. The number of hydrogen-bond acceptors (Lipinski definition) is 3. The maximum atomic E-state index is 11.2. The Balaban J connectivity index is 2.83. The molecule has 0 radical (unpaired) electrons. The molecule has 76 valence electrons. The fourth-order valence-corrected chi connectivity index (χ4v) is 1.13. The molecule has 14 heavy (non-hydrogen) atoms. The van der Waals surface area contributed by atoms with Crippen molar-refractivity contribution >= 4 is 5.91 Å². The van der Waals surface area contributed by atoms with Crippen LogP contribution in [0.25, 0.3) is 0 Å². The highest BCUT2D eigenvalue weighted by molar-refractivity contribution is 5.93. The average molecular weight is 194 g/mol. The Bertz CT molecular complexity index is 308. The van der Waals surface area contributed by atoms with E-state index in [2.05, 4.69) is 10.6 Å². The molecule has 0 bridgehead atoms. The second-order valence-electron chi connectivity index (χ2n) is 2.89. The lowest BCUT2D eigenvalue weighted by Crippen LogP contribution is -2.18. The number of aliphatic hydroxyl groups is 1. The molecule has 1 atom stereocenters. The molecule has 1 amide bonds. The summed E-state index contributed by atoms with van der Waals surface area (Å²) in [4.78, 5) is 11.2. The molecular formula is C10H14N2O2. The Morgan fingerprint density at radius 3 is 2.29 bits per heavy atom. The first-order valence-electron chi connectivity index (χ1n) is 4.36. The molecule has 0 saturated heterocycles. The third-order valence-electron chi connectivity index (χ3n) is 1.99. The number of rotatable bonds is 3. The van der Waals surface area contributed by atoms with Gasteiger partial charge in [0.15, 0.2) is 0 Å².